The summed E-state index contributed by atoms with van der Waals surface area (Å²) in [7, 11) is -3.63. The molecule has 1 fully saturated rings. The van der Waals surface area contributed by atoms with Gasteiger partial charge < -0.3 is 5.11 Å². The third kappa shape index (κ3) is 2.51. The summed E-state index contributed by atoms with van der Waals surface area (Å²) in [5.74, 6) is 0. The van der Waals surface area contributed by atoms with E-state index in [9.17, 15) is 8.42 Å². The van der Waals surface area contributed by atoms with Crippen LogP contribution in [0.4, 0.5) is 0 Å². The summed E-state index contributed by atoms with van der Waals surface area (Å²) in [5.41, 5.74) is 1.00. The number of sulfonamides is 1. The molecule has 1 saturated carbocycles. The molecule has 0 unspecified atom stereocenters. The first-order valence-corrected chi connectivity index (χ1v) is 7.01. The fourth-order valence-corrected chi connectivity index (χ4v) is 2.95. The minimum atomic E-state index is -3.63. The largest absolute Gasteiger partial charge is 0.392 e. The van der Waals surface area contributed by atoms with Crippen LogP contribution in [-0.4, -0.2) is 30.3 Å². The summed E-state index contributed by atoms with van der Waals surface area (Å²) >= 11 is 0. The number of rotatable bonds is 5. The van der Waals surface area contributed by atoms with Crippen LogP contribution in [0.1, 0.15) is 31.0 Å². The summed E-state index contributed by atoms with van der Waals surface area (Å²) in [6.07, 6.45) is 2.09. The maximum absolute atomic E-state index is 12.0. The highest BCUT2D eigenvalue weighted by Gasteiger charge is 2.38. The fourth-order valence-electron chi connectivity index (χ4n) is 1.57. The van der Waals surface area contributed by atoms with Crippen molar-refractivity contribution in [2.45, 2.75) is 38.3 Å². The molecule has 96 valence electrons. The number of nitrogens with one attached hydrogen (secondary N) is 2. The van der Waals surface area contributed by atoms with Gasteiger partial charge in [0, 0.05) is 17.8 Å². The maximum atomic E-state index is 12.0. The average molecular weight is 259 g/mol. The molecule has 1 heterocycles. The molecule has 1 aliphatic rings. The van der Waals surface area contributed by atoms with Gasteiger partial charge in [-0.3, -0.25) is 5.10 Å². The normalized spacial score (nSPS) is 18.3. The van der Waals surface area contributed by atoms with E-state index in [1.165, 1.54) is 0 Å². The molecule has 0 aromatic carbocycles. The van der Waals surface area contributed by atoms with Crippen molar-refractivity contribution in [3.05, 3.63) is 11.3 Å². The summed E-state index contributed by atoms with van der Waals surface area (Å²) in [4.78, 5) is 0. The van der Waals surface area contributed by atoms with Crippen molar-refractivity contribution in [1.82, 2.24) is 14.9 Å². The van der Waals surface area contributed by atoms with Gasteiger partial charge in [-0.15, -0.1) is 0 Å². The summed E-state index contributed by atoms with van der Waals surface area (Å²) < 4.78 is 26.5. The van der Waals surface area contributed by atoms with Crippen LogP contribution in [0.15, 0.2) is 5.03 Å². The van der Waals surface area contributed by atoms with Crippen molar-refractivity contribution >= 4 is 10.0 Å². The van der Waals surface area contributed by atoms with Gasteiger partial charge in [-0.1, -0.05) is 6.92 Å². The lowest BCUT2D eigenvalue weighted by molar-refractivity contribution is 0.277. The van der Waals surface area contributed by atoms with E-state index in [2.05, 4.69) is 14.9 Å². The minimum absolute atomic E-state index is 0.0950. The summed E-state index contributed by atoms with van der Waals surface area (Å²) in [5, 5.41) is 15.4. The van der Waals surface area contributed by atoms with E-state index in [1.807, 2.05) is 6.92 Å². The zero-order valence-corrected chi connectivity index (χ0v) is 10.8. The van der Waals surface area contributed by atoms with Crippen molar-refractivity contribution in [3.63, 3.8) is 0 Å². The Hall–Kier alpha value is -0.920. The smallest absolute Gasteiger partial charge is 0.260 e. The number of nitrogens with zero attached hydrogens (tertiary/aromatic N) is 1. The van der Waals surface area contributed by atoms with E-state index in [-0.39, 0.29) is 17.0 Å². The zero-order valence-electron chi connectivity index (χ0n) is 9.95. The predicted octanol–water partition coefficient (Wildman–Crippen LogP) is 0.289. The maximum Gasteiger partial charge on any atom is 0.260 e. The van der Waals surface area contributed by atoms with Gasteiger partial charge in [0.25, 0.3) is 10.0 Å². The van der Waals surface area contributed by atoms with Crippen LogP contribution in [0, 0.1) is 12.3 Å². The molecular formula is C10H17N3O3S. The molecule has 0 atom stereocenters. The zero-order chi connectivity index (χ0) is 12.7. The molecular weight excluding hydrogens is 242 g/mol. The molecule has 0 radical (unpaired) electrons. The SMILES string of the molecule is Cc1[nH]nc(S(=O)(=O)NCC2(C)CC2)c1CO. The van der Waals surface area contributed by atoms with Gasteiger partial charge in [0.1, 0.15) is 0 Å². The van der Waals surface area contributed by atoms with E-state index in [0.717, 1.165) is 12.8 Å². The third-order valence-corrected chi connectivity index (χ3v) is 4.61. The van der Waals surface area contributed by atoms with Crippen LogP contribution in [0.3, 0.4) is 0 Å². The molecule has 6 nitrogen and oxygen atoms in total. The highest BCUT2D eigenvalue weighted by atomic mass is 32.2. The Bertz CT molecular complexity index is 517. The van der Waals surface area contributed by atoms with E-state index in [0.29, 0.717) is 17.8 Å². The molecule has 7 heteroatoms. The molecule has 1 aromatic heterocycles. The van der Waals surface area contributed by atoms with Gasteiger partial charge in [0.05, 0.1) is 6.61 Å². The highest BCUT2D eigenvalue weighted by molar-refractivity contribution is 7.89. The van der Waals surface area contributed by atoms with E-state index in [4.69, 9.17) is 5.11 Å². The van der Waals surface area contributed by atoms with Crippen LogP contribution in [0.25, 0.3) is 0 Å². The number of hydrogen-bond acceptors (Lipinski definition) is 4. The molecule has 0 spiro atoms. The van der Waals surface area contributed by atoms with Gasteiger partial charge in [-0.05, 0) is 25.2 Å². The second-order valence-corrected chi connectivity index (χ2v) is 6.61. The van der Waals surface area contributed by atoms with Crippen LogP contribution >= 0.6 is 0 Å². The standard InChI is InChI=1S/C10H17N3O3S/c1-7-8(5-14)9(13-12-7)17(15,16)11-6-10(2)3-4-10/h11,14H,3-6H2,1-2H3,(H,12,13). The Kier molecular flexibility index (Phi) is 3.01. The van der Waals surface area contributed by atoms with Gasteiger partial charge in [-0.25, -0.2) is 13.1 Å². The number of aliphatic hydroxyl groups is 1. The van der Waals surface area contributed by atoms with Crippen molar-refractivity contribution in [3.8, 4) is 0 Å². The Morgan fingerprint density at radius 2 is 2.18 bits per heavy atom. The molecule has 17 heavy (non-hydrogen) atoms. The molecule has 2 rings (SSSR count). The second kappa shape index (κ2) is 4.08. The minimum Gasteiger partial charge on any atom is -0.392 e. The monoisotopic (exact) mass is 259 g/mol. The van der Waals surface area contributed by atoms with E-state index < -0.39 is 10.0 Å². The van der Waals surface area contributed by atoms with Crippen molar-refractivity contribution in [2.75, 3.05) is 6.54 Å². The Morgan fingerprint density at radius 1 is 1.53 bits per heavy atom. The topological polar surface area (TPSA) is 95.1 Å². The van der Waals surface area contributed by atoms with Crippen LogP contribution in [-0.2, 0) is 16.6 Å². The Balaban J connectivity index is 2.19. The number of aromatic amines is 1. The summed E-state index contributed by atoms with van der Waals surface area (Å²) in [6.45, 7) is 3.81. The van der Waals surface area contributed by atoms with Crippen LogP contribution in [0.2, 0.25) is 0 Å². The summed E-state index contributed by atoms with van der Waals surface area (Å²) in [6, 6.07) is 0. The van der Waals surface area contributed by atoms with E-state index >= 15 is 0 Å². The molecule has 1 aliphatic carbocycles. The highest BCUT2D eigenvalue weighted by Crippen LogP contribution is 2.44. The van der Waals surface area contributed by atoms with Gasteiger partial charge in [0.2, 0.25) is 0 Å². The Morgan fingerprint density at radius 3 is 2.71 bits per heavy atom. The lowest BCUT2D eigenvalue weighted by Gasteiger charge is -2.10. The van der Waals surface area contributed by atoms with Crippen LogP contribution < -0.4 is 4.72 Å². The Labute approximate surface area is 100 Å². The number of aliphatic hydroxyl groups excluding tert-OH is 1. The molecule has 3 N–H and O–H groups in total. The first kappa shape index (κ1) is 12.5. The van der Waals surface area contributed by atoms with Gasteiger partial charge in [-0.2, -0.15) is 5.10 Å². The quantitative estimate of drug-likeness (QED) is 0.708. The van der Waals surface area contributed by atoms with Gasteiger partial charge in [0.15, 0.2) is 5.03 Å². The number of H-pyrrole nitrogens is 1. The lowest BCUT2D eigenvalue weighted by atomic mass is 10.2. The van der Waals surface area contributed by atoms with Crippen LogP contribution in [0.5, 0.6) is 0 Å². The molecule has 1 aromatic rings. The van der Waals surface area contributed by atoms with Crippen molar-refractivity contribution < 1.29 is 13.5 Å². The predicted molar refractivity (Wildman–Crippen MR) is 61.8 cm³/mol. The first-order valence-electron chi connectivity index (χ1n) is 5.52. The fraction of sp³-hybridized carbons (Fsp3) is 0.700. The van der Waals surface area contributed by atoms with Crippen molar-refractivity contribution in [2.24, 2.45) is 5.41 Å². The average Bonchev–Trinajstić information content (AvgIpc) is 2.87. The van der Waals surface area contributed by atoms with E-state index in [1.54, 1.807) is 6.92 Å². The lowest BCUT2D eigenvalue weighted by Crippen LogP contribution is -2.30. The second-order valence-electron chi connectivity index (χ2n) is 4.93. The van der Waals surface area contributed by atoms with Crippen molar-refractivity contribution in [1.29, 1.82) is 0 Å². The number of aromatic nitrogens is 2. The number of aryl methyl sites for hydroxylation is 1. The molecule has 0 bridgehead atoms. The third-order valence-electron chi connectivity index (χ3n) is 3.24. The molecule has 0 amide bonds. The molecule has 0 saturated heterocycles. The van der Waals surface area contributed by atoms with Gasteiger partial charge >= 0.3 is 0 Å². The number of hydrogen-bond donors (Lipinski definition) is 3. The molecule has 0 aliphatic heterocycles. The first-order chi connectivity index (χ1) is 7.88.